The van der Waals surface area contributed by atoms with Gasteiger partial charge in [0, 0.05) is 24.2 Å². The summed E-state index contributed by atoms with van der Waals surface area (Å²) >= 11 is 0. The van der Waals surface area contributed by atoms with E-state index in [1.807, 2.05) is 42.5 Å². The van der Waals surface area contributed by atoms with Crippen LogP contribution in [0.25, 0.3) is 0 Å². The minimum Gasteiger partial charge on any atom is -0.434 e. The van der Waals surface area contributed by atoms with Crippen molar-refractivity contribution in [3.05, 3.63) is 95.6 Å². The highest BCUT2D eigenvalue weighted by Gasteiger charge is 2.09. The number of rotatable bonds is 9. The van der Waals surface area contributed by atoms with Gasteiger partial charge in [-0.2, -0.15) is 0 Å². The third kappa shape index (κ3) is 7.81. The first-order chi connectivity index (χ1) is 16.0. The van der Waals surface area contributed by atoms with Gasteiger partial charge in [0.05, 0.1) is 6.61 Å². The summed E-state index contributed by atoms with van der Waals surface area (Å²) in [5.74, 6) is -0.00793. The molecule has 2 amide bonds. The lowest BCUT2D eigenvalue weighted by Crippen LogP contribution is -2.23. The molecule has 3 rings (SSSR count). The average Bonchev–Trinajstić information content (AvgIpc) is 2.83. The van der Waals surface area contributed by atoms with Crippen molar-refractivity contribution < 1.29 is 23.9 Å². The van der Waals surface area contributed by atoms with E-state index in [1.54, 1.807) is 31.2 Å². The largest absolute Gasteiger partial charge is 0.513 e. The molecule has 0 atom stereocenters. The minimum atomic E-state index is -0.790. The van der Waals surface area contributed by atoms with Crippen LogP contribution in [-0.4, -0.2) is 24.6 Å². The van der Waals surface area contributed by atoms with E-state index in [0.29, 0.717) is 36.4 Å². The van der Waals surface area contributed by atoms with E-state index < -0.39 is 6.16 Å². The van der Waals surface area contributed by atoms with Crippen molar-refractivity contribution in [3.8, 4) is 5.75 Å². The van der Waals surface area contributed by atoms with E-state index in [4.69, 9.17) is 9.47 Å². The quantitative estimate of drug-likeness (QED) is 0.366. The van der Waals surface area contributed by atoms with Crippen LogP contribution in [0, 0.1) is 0 Å². The number of hydrogen-bond acceptors (Lipinski definition) is 5. The van der Waals surface area contributed by atoms with E-state index in [1.165, 1.54) is 12.1 Å². The molecule has 3 aromatic carbocycles. The molecule has 2 N–H and O–H groups in total. The van der Waals surface area contributed by atoms with Gasteiger partial charge in [-0.3, -0.25) is 9.59 Å². The van der Waals surface area contributed by atoms with Crippen LogP contribution in [-0.2, 0) is 22.5 Å². The Labute approximate surface area is 192 Å². The topological polar surface area (TPSA) is 93.7 Å². The van der Waals surface area contributed by atoms with E-state index >= 15 is 0 Å². The Morgan fingerprint density at radius 2 is 1.52 bits per heavy atom. The Morgan fingerprint density at radius 3 is 2.18 bits per heavy atom. The molecule has 0 fully saturated rings. The summed E-state index contributed by atoms with van der Waals surface area (Å²) in [6.45, 7) is 2.33. The fraction of sp³-hybridized carbons (Fsp3) is 0.192. The molecule has 0 bridgehead atoms. The van der Waals surface area contributed by atoms with Crippen LogP contribution in [0.5, 0.6) is 5.75 Å². The molecule has 0 saturated carbocycles. The minimum absolute atomic E-state index is 0.00776. The van der Waals surface area contributed by atoms with E-state index in [-0.39, 0.29) is 18.4 Å². The molecule has 0 aliphatic heterocycles. The lowest BCUT2D eigenvalue weighted by Gasteiger charge is -2.09. The van der Waals surface area contributed by atoms with Gasteiger partial charge in [0.15, 0.2) is 0 Å². The zero-order chi connectivity index (χ0) is 23.5. The summed E-state index contributed by atoms with van der Waals surface area (Å²) in [5.41, 5.74) is 3.11. The molecule has 0 aliphatic rings. The molecule has 0 unspecified atom stereocenters. The van der Waals surface area contributed by atoms with E-state index in [9.17, 15) is 14.4 Å². The second-order valence-electron chi connectivity index (χ2n) is 7.22. The maximum absolute atomic E-state index is 12.4. The Morgan fingerprint density at radius 1 is 0.818 bits per heavy atom. The van der Waals surface area contributed by atoms with E-state index in [2.05, 4.69) is 10.6 Å². The number of hydrogen-bond donors (Lipinski definition) is 2. The Kier molecular flexibility index (Phi) is 8.59. The number of carbonyl (C=O) groups excluding carboxylic acids is 3. The molecular formula is C26H26N2O5. The Hall–Kier alpha value is -4.13. The van der Waals surface area contributed by atoms with Gasteiger partial charge < -0.3 is 20.1 Å². The molecule has 0 heterocycles. The molecule has 7 nitrogen and oxygen atoms in total. The van der Waals surface area contributed by atoms with Gasteiger partial charge in [-0.15, -0.1) is 0 Å². The van der Waals surface area contributed by atoms with Gasteiger partial charge in [-0.1, -0.05) is 42.5 Å². The molecule has 3 aromatic rings. The lowest BCUT2D eigenvalue weighted by molar-refractivity contribution is -0.121. The third-order valence-electron chi connectivity index (χ3n) is 4.76. The first-order valence-electron chi connectivity index (χ1n) is 10.7. The van der Waals surface area contributed by atoms with Crippen molar-refractivity contribution in [2.75, 3.05) is 11.9 Å². The fourth-order valence-electron chi connectivity index (χ4n) is 3.02. The summed E-state index contributed by atoms with van der Waals surface area (Å²) < 4.78 is 9.68. The SMILES string of the molecule is CCOC(=O)Oc1ccc(C(=O)Nc2ccc(CNC(=O)CCc3ccccc3)cc2)cc1. The van der Waals surface area contributed by atoms with Crippen LogP contribution in [0.3, 0.4) is 0 Å². The smallest absolute Gasteiger partial charge is 0.434 e. The molecular weight excluding hydrogens is 420 g/mol. The fourth-order valence-corrected chi connectivity index (χ4v) is 3.02. The molecule has 0 radical (unpaired) electrons. The van der Waals surface area contributed by atoms with Crippen LogP contribution in [0.4, 0.5) is 10.5 Å². The summed E-state index contributed by atoms with van der Waals surface area (Å²) in [5, 5.41) is 5.72. The summed E-state index contributed by atoms with van der Waals surface area (Å²) in [6, 6.07) is 23.3. The van der Waals surface area contributed by atoms with Crippen molar-refractivity contribution in [1.82, 2.24) is 5.32 Å². The van der Waals surface area contributed by atoms with Crippen LogP contribution in [0.1, 0.15) is 34.8 Å². The van der Waals surface area contributed by atoms with Crippen molar-refractivity contribution in [2.45, 2.75) is 26.3 Å². The molecule has 33 heavy (non-hydrogen) atoms. The van der Waals surface area contributed by atoms with Gasteiger partial charge in [-0.25, -0.2) is 4.79 Å². The van der Waals surface area contributed by atoms with Gasteiger partial charge in [-0.05, 0) is 60.9 Å². The van der Waals surface area contributed by atoms with Crippen molar-refractivity contribution in [2.24, 2.45) is 0 Å². The summed E-state index contributed by atoms with van der Waals surface area (Å²) in [6.07, 6.45) is 0.345. The second-order valence-corrected chi connectivity index (χ2v) is 7.22. The molecule has 0 spiro atoms. The number of carbonyl (C=O) groups is 3. The van der Waals surface area contributed by atoms with Gasteiger partial charge in [0.25, 0.3) is 5.91 Å². The third-order valence-corrected chi connectivity index (χ3v) is 4.76. The van der Waals surface area contributed by atoms with Crippen LogP contribution < -0.4 is 15.4 Å². The standard InChI is InChI=1S/C26H26N2O5/c1-2-32-26(31)33-23-15-11-21(12-16-23)25(30)28-22-13-8-20(9-14-22)18-27-24(29)17-10-19-6-4-3-5-7-19/h3-9,11-16H,2,10,17-18H2,1H3,(H,27,29)(H,28,30). The van der Waals surface area contributed by atoms with Crippen molar-refractivity contribution >= 4 is 23.7 Å². The first-order valence-corrected chi connectivity index (χ1v) is 10.7. The van der Waals surface area contributed by atoms with Crippen molar-refractivity contribution in [1.29, 1.82) is 0 Å². The number of aryl methyl sites for hydroxylation is 1. The first kappa shape index (κ1) is 23.5. The van der Waals surface area contributed by atoms with Crippen LogP contribution >= 0.6 is 0 Å². The lowest BCUT2D eigenvalue weighted by atomic mass is 10.1. The zero-order valence-corrected chi connectivity index (χ0v) is 18.4. The molecule has 0 saturated heterocycles. The molecule has 0 aliphatic carbocycles. The maximum atomic E-state index is 12.4. The number of benzene rings is 3. The van der Waals surface area contributed by atoms with Crippen molar-refractivity contribution in [3.63, 3.8) is 0 Å². The monoisotopic (exact) mass is 446 g/mol. The molecule has 7 heteroatoms. The highest BCUT2D eigenvalue weighted by molar-refractivity contribution is 6.04. The zero-order valence-electron chi connectivity index (χ0n) is 18.4. The Balaban J connectivity index is 1.44. The normalized spacial score (nSPS) is 10.2. The number of nitrogens with one attached hydrogen (secondary N) is 2. The summed E-state index contributed by atoms with van der Waals surface area (Å²) in [7, 11) is 0. The maximum Gasteiger partial charge on any atom is 0.513 e. The number of anilines is 1. The average molecular weight is 447 g/mol. The molecule has 0 aromatic heterocycles. The predicted molar refractivity (Wildman–Crippen MR) is 125 cm³/mol. The van der Waals surface area contributed by atoms with Gasteiger partial charge in [0.2, 0.25) is 5.91 Å². The second kappa shape index (κ2) is 12.0. The van der Waals surface area contributed by atoms with Crippen LogP contribution in [0.2, 0.25) is 0 Å². The highest BCUT2D eigenvalue weighted by Crippen LogP contribution is 2.16. The highest BCUT2D eigenvalue weighted by atomic mass is 16.7. The number of ether oxygens (including phenoxy) is 2. The number of amides is 2. The molecule has 170 valence electrons. The van der Waals surface area contributed by atoms with Gasteiger partial charge in [0.1, 0.15) is 5.75 Å². The van der Waals surface area contributed by atoms with Crippen LogP contribution in [0.15, 0.2) is 78.9 Å². The Bertz CT molecular complexity index is 1060. The van der Waals surface area contributed by atoms with Gasteiger partial charge >= 0.3 is 6.16 Å². The predicted octanol–water partition coefficient (Wildman–Crippen LogP) is 4.72. The van der Waals surface area contributed by atoms with E-state index in [0.717, 1.165) is 11.1 Å². The summed E-state index contributed by atoms with van der Waals surface area (Å²) in [4.78, 5) is 35.8.